The molecule has 2 atom stereocenters. The average molecular weight is 278 g/mol. The molecular weight excluding hydrogens is 256 g/mol. The van der Waals surface area contributed by atoms with Crippen molar-refractivity contribution in [3.05, 3.63) is 11.6 Å². The minimum absolute atomic E-state index is 0.473. The Labute approximate surface area is 118 Å². The predicted octanol–water partition coefficient (Wildman–Crippen LogP) is 1.12. The van der Waals surface area contributed by atoms with Gasteiger partial charge in [-0.15, -0.1) is 0 Å². The van der Waals surface area contributed by atoms with Gasteiger partial charge < -0.3 is 10.0 Å². The molecule has 6 heteroatoms. The zero-order chi connectivity index (χ0) is 14.1. The van der Waals surface area contributed by atoms with Crippen LogP contribution in [0, 0.1) is 5.92 Å². The number of piperidine rings is 1. The molecule has 1 aromatic rings. The number of nitrogens with zero attached hydrogens (tertiary/aromatic N) is 4. The van der Waals surface area contributed by atoms with E-state index >= 15 is 0 Å². The Morgan fingerprint density at radius 2 is 2.15 bits per heavy atom. The van der Waals surface area contributed by atoms with Gasteiger partial charge in [0.15, 0.2) is 5.82 Å². The minimum atomic E-state index is -0.776. The lowest BCUT2D eigenvalue weighted by Gasteiger charge is -2.28. The van der Waals surface area contributed by atoms with Crippen LogP contribution in [-0.2, 0) is 17.8 Å². The molecule has 3 heterocycles. The Balaban J connectivity index is 1.74. The lowest BCUT2D eigenvalue weighted by Crippen LogP contribution is -2.33. The highest BCUT2D eigenvalue weighted by Crippen LogP contribution is 2.27. The molecule has 110 valence electrons. The van der Waals surface area contributed by atoms with Crippen LogP contribution in [0.15, 0.2) is 0 Å². The van der Waals surface area contributed by atoms with E-state index in [9.17, 15) is 9.90 Å². The van der Waals surface area contributed by atoms with Gasteiger partial charge in [-0.2, -0.15) is 5.10 Å². The molecule has 1 fully saturated rings. The number of likely N-dealkylation sites (tertiary alicyclic amines) is 1. The van der Waals surface area contributed by atoms with E-state index in [1.165, 1.54) is 19.4 Å². The molecule has 2 aliphatic rings. The Kier molecular flexibility index (Phi) is 3.74. The third-order valence-corrected chi connectivity index (χ3v) is 4.41. The number of carboxylic acid groups (broad SMARTS) is 1. The van der Waals surface area contributed by atoms with E-state index < -0.39 is 11.9 Å². The topological polar surface area (TPSA) is 71.2 Å². The maximum atomic E-state index is 11.3. The zero-order valence-corrected chi connectivity index (χ0v) is 12.0. The van der Waals surface area contributed by atoms with Crippen LogP contribution < -0.4 is 0 Å². The first kappa shape index (κ1) is 13.5. The smallest absolute Gasteiger partial charge is 0.314 e. The Bertz CT molecular complexity index is 499. The molecule has 1 saturated heterocycles. The Morgan fingerprint density at radius 1 is 1.35 bits per heavy atom. The van der Waals surface area contributed by atoms with Crippen molar-refractivity contribution in [2.45, 2.75) is 44.6 Å². The molecule has 0 radical (unpaired) electrons. The van der Waals surface area contributed by atoms with Crippen molar-refractivity contribution < 1.29 is 9.90 Å². The van der Waals surface area contributed by atoms with Gasteiger partial charge in [0.1, 0.15) is 11.7 Å². The highest BCUT2D eigenvalue weighted by molar-refractivity contribution is 5.75. The van der Waals surface area contributed by atoms with Gasteiger partial charge in [-0.3, -0.25) is 4.79 Å². The first-order chi connectivity index (χ1) is 9.63. The van der Waals surface area contributed by atoms with E-state index in [2.05, 4.69) is 22.0 Å². The van der Waals surface area contributed by atoms with Crippen molar-refractivity contribution in [1.29, 1.82) is 0 Å². The normalized spacial score (nSPS) is 27.2. The summed E-state index contributed by atoms with van der Waals surface area (Å²) in [6.45, 7) is 3.06. The van der Waals surface area contributed by atoms with Crippen LogP contribution in [0.4, 0.5) is 0 Å². The number of hydrogen-bond donors (Lipinski definition) is 1. The van der Waals surface area contributed by atoms with Crippen molar-refractivity contribution in [2.75, 3.05) is 20.1 Å². The van der Waals surface area contributed by atoms with Crippen LogP contribution in [0.1, 0.15) is 43.3 Å². The van der Waals surface area contributed by atoms with E-state index in [-0.39, 0.29) is 0 Å². The van der Waals surface area contributed by atoms with Crippen molar-refractivity contribution in [2.24, 2.45) is 5.92 Å². The van der Waals surface area contributed by atoms with Gasteiger partial charge in [0.2, 0.25) is 0 Å². The highest BCUT2D eigenvalue weighted by Gasteiger charge is 2.30. The van der Waals surface area contributed by atoms with E-state index in [1.807, 2.05) is 4.68 Å². The molecular formula is C14H22N4O2. The number of rotatable bonds is 3. The SMILES string of the molecule is CN1CCCC(Cc2nc3n(n2)CCCC3C(=O)O)C1. The van der Waals surface area contributed by atoms with Crippen LogP contribution >= 0.6 is 0 Å². The minimum Gasteiger partial charge on any atom is -0.481 e. The summed E-state index contributed by atoms with van der Waals surface area (Å²) in [5.41, 5.74) is 0. The van der Waals surface area contributed by atoms with Crippen molar-refractivity contribution in [3.8, 4) is 0 Å². The number of hydrogen-bond acceptors (Lipinski definition) is 4. The summed E-state index contributed by atoms with van der Waals surface area (Å²) in [5, 5.41) is 13.8. The Morgan fingerprint density at radius 3 is 2.90 bits per heavy atom. The lowest BCUT2D eigenvalue weighted by atomic mass is 9.95. The van der Waals surface area contributed by atoms with E-state index in [0.717, 1.165) is 31.8 Å². The number of aryl methyl sites for hydroxylation is 1. The predicted molar refractivity (Wildman–Crippen MR) is 73.6 cm³/mol. The summed E-state index contributed by atoms with van der Waals surface area (Å²) in [6, 6.07) is 0. The van der Waals surface area contributed by atoms with Gasteiger partial charge >= 0.3 is 5.97 Å². The number of aliphatic carboxylic acids is 1. The van der Waals surface area contributed by atoms with Crippen LogP contribution in [0.25, 0.3) is 0 Å². The zero-order valence-electron chi connectivity index (χ0n) is 12.0. The molecule has 2 aliphatic heterocycles. The van der Waals surface area contributed by atoms with E-state index in [0.29, 0.717) is 18.2 Å². The van der Waals surface area contributed by atoms with Crippen molar-refractivity contribution in [1.82, 2.24) is 19.7 Å². The van der Waals surface area contributed by atoms with Gasteiger partial charge in [0.25, 0.3) is 0 Å². The van der Waals surface area contributed by atoms with Gasteiger partial charge in [-0.1, -0.05) is 0 Å². The van der Waals surface area contributed by atoms with E-state index in [1.54, 1.807) is 0 Å². The molecule has 6 nitrogen and oxygen atoms in total. The number of carbonyl (C=O) groups is 1. The van der Waals surface area contributed by atoms with Gasteiger partial charge in [0.05, 0.1) is 0 Å². The summed E-state index contributed by atoms with van der Waals surface area (Å²) in [5.74, 6) is 0.833. The molecule has 2 unspecified atom stereocenters. The third kappa shape index (κ3) is 2.70. The molecule has 0 spiro atoms. The number of aromatic nitrogens is 3. The maximum Gasteiger partial charge on any atom is 0.314 e. The summed E-state index contributed by atoms with van der Waals surface area (Å²) in [6.07, 6.45) is 4.87. The molecule has 20 heavy (non-hydrogen) atoms. The summed E-state index contributed by atoms with van der Waals surface area (Å²) < 4.78 is 1.81. The largest absolute Gasteiger partial charge is 0.481 e. The summed E-state index contributed by atoms with van der Waals surface area (Å²) >= 11 is 0. The molecule has 0 amide bonds. The fourth-order valence-corrected chi connectivity index (χ4v) is 3.42. The maximum absolute atomic E-state index is 11.3. The molecule has 1 N–H and O–H groups in total. The van der Waals surface area contributed by atoms with Crippen molar-refractivity contribution >= 4 is 5.97 Å². The van der Waals surface area contributed by atoms with E-state index in [4.69, 9.17) is 0 Å². The first-order valence-electron chi connectivity index (χ1n) is 7.48. The van der Waals surface area contributed by atoms with Crippen molar-refractivity contribution in [3.63, 3.8) is 0 Å². The Hall–Kier alpha value is -1.43. The molecule has 0 aliphatic carbocycles. The average Bonchev–Trinajstić information content (AvgIpc) is 2.80. The second-order valence-electron chi connectivity index (χ2n) is 6.12. The van der Waals surface area contributed by atoms with Gasteiger partial charge in [0, 0.05) is 19.5 Å². The first-order valence-corrected chi connectivity index (χ1v) is 7.48. The molecule has 0 saturated carbocycles. The van der Waals surface area contributed by atoms with Crippen LogP contribution in [0.5, 0.6) is 0 Å². The summed E-state index contributed by atoms with van der Waals surface area (Å²) in [4.78, 5) is 18.1. The molecule has 3 rings (SSSR count). The van der Waals surface area contributed by atoms with Gasteiger partial charge in [-0.05, 0) is 45.2 Å². The second-order valence-corrected chi connectivity index (χ2v) is 6.12. The highest BCUT2D eigenvalue weighted by atomic mass is 16.4. The fourth-order valence-electron chi connectivity index (χ4n) is 3.42. The molecule has 0 bridgehead atoms. The van der Waals surface area contributed by atoms with Crippen LogP contribution in [0.2, 0.25) is 0 Å². The second kappa shape index (κ2) is 5.52. The standard InChI is InChI=1S/C14H22N4O2/c1-17-6-2-4-10(9-17)8-12-15-13-11(14(19)20)5-3-7-18(13)16-12/h10-11H,2-9H2,1H3,(H,19,20). The summed E-state index contributed by atoms with van der Waals surface area (Å²) in [7, 11) is 2.15. The van der Waals surface area contributed by atoms with Gasteiger partial charge in [-0.25, -0.2) is 9.67 Å². The molecule has 1 aromatic heterocycles. The number of fused-ring (bicyclic) bond motifs is 1. The monoisotopic (exact) mass is 278 g/mol. The van der Waals surface area contributed by atoms with Crippen LogP contribution in [0.3, 0.4) is 0 Å². The fraction of sp³-hybridized carbons (Fsp3) is 0.786. The quantitative estimate of drug-likeness (QED) is 0.897. The molecule has 0 aromatic carbocycles. The third-order valence-electron chi connectivity index (χ3n) is 4.41. The van der Waals surface area contributed by atoms with Crippen LogP contribution in [-0.4, -0.2) is 50.9 Å². The number of carboxylic acids is 1. The lowest BCUT2D eigenvalue weighted by molar-refractivity contribution is -0.139.